The number of carbonyl (C=O) groups excluding carboxylic acids is 2. The third kappa shape index (κ3) is 8.66. The number of aliphatic hydroxyl groups excluding tert-OH is 1. The minimum atomic E-state index is -0.461. The average molecular weight is 606 g/mol. The van der Waals surface area contributed by atoms with Crippen LogP contribution in [0.5, 0.6) is 5.75 Å². The predicted molar refractivity (Wildman–Crippen MR) is 164 cm³/mol. The van der Waals surface area contributed by atoms with Crippen molar-refractivity contribution in [3.05, 3.63) is 53.3 Å². The van der Waals surface area contributed by atoms with E-state index in [1.54, 1.807) is 24.1 Å². The molecule has 0 unspecified atom stereocenters. The van der Waals surface area contributed by atoms with Crippen molar-refractivity contribution in [1.82, 2.24) is 15.1 Å². The summed E-state index contributed by atoms with van der Waals surface area (Å²) in [6.07, 6.45) is 3.56. The number of rotatable bonds is 11. The van der Waals surface area contributed by atoms with E-state index in [0.717, 1.165) is 31.5 Å². The number of aliphatic hydroxyl groups is 1. The van der Waals surface area contributed by atoms with Crippen molar-refractivity contribution in [2.24, 2.45) is 0 Å². The summed E-state index contributed by atoms with van der Waals surface area (Å²) in [5.74, 6) is -0.130. The lowest BCUT2D eigenvalue weighted by Gasteiger charge is -2.37. The molecule has 2 heterocycles. The molecule has 2 aromatic rings. The third-order valence-corrected chi connectivity index (χ3v) is 7.92. The smallest absolute Gasteiger partial charge is 0.253 e. The van der Waals surface area contributed by atoms with E-state index in [4.69, 9.17) is 9.47 Å². The summed E-state index contributed by atoms with van der Waals surface area (Å²) < 4.78 is 26.5. The number of halogens is 2. The number of ether oxygens (including phenoxy) is 2. The van der Waals surface area contributed by atoms with Crippen molar-refractivity contribution < 1.29 is 28.6 Å². The Morgan fingerprint density at radius 1 is 1.10 bits per heavy atom. The maximum atomic E-state index is 15.2. The maximum absolute atomic E-state index is 15.2. The molecule has 0 aliphatic carbocycles. The first-order chi connectivity index (χ1) is 19.8. The summed E-state index contributed by atoms with van der Waals surface area (Å²) in [5.41, 5.74) is 1.96. The van der Waals surface area contributed by atoms with Crippen LogP contribution in [0, 0.1) is 5.82 Å². The Bertz CT molecular complexity index is 1180. The second kappa shape index (κ2) is 16.2. The van der Waals surface area contributed by atoms with Crippen LogP contribution >= 0.6 is 12.4 Å². The second-order valence-corrected chi connectivity index (χ2v) is 11.3. The molecule has 2 saturated heterocycles. The Hall–Kier alpha value is -2.72. The molecule has 232 valence electrons. The monoisotopic (exact) mass is 605 g/mol. The van der Waals surface area contributed by atoms with Gasteiger partial charge in [0.25, 0.3) is 5.91 Å². The highest BCUT2D eigenvalue weighted by Gasteiger charge is 2.28. The summed E-state index contributed by atoms with van der Waals surface area (Å²) >= 11 is 0. The Labute approximate surface area is 255 Å². The zero-order chi connectivity index (χ0) is 29.4. The van der Waals surface area contributed by atoms with Gasteiger partial charge in [-0.2, -0.15) is 0 Å². The maximum Gasteiger partial charge on any atom is 0.253 e. The number of likely N-dealkylation sites (tertiary alicyclic amines) is 1. The number of amides is 2. The molecule has 4 rings (SSSR count). The average Bonchev–Trinajstić information content (AvgIpc) is 2.96. The zero-order valence-electron chi connectivity index (χ0n) is 24.9. The van der Waals surface area contributed by atoms with Crippen LogP contribution in [0.3, 0.4) is 0 Å². The van der Waals surface area contributed by atoms with Gasteiger partial charge in [-0.05, 0) is 75.9 Å². The molecule has 42 heavy (non-hydrogen) atoms. The molecule has 10 heteroatoms. The molecule has 2 amide bonds. The summed E-state index contributed by atoms with van der Waals surface area (Å²) in [5, 5.41) is 13.2. The molecule has 1 atom stereocenters. The van der Waals surface area contributed by atoms with Gasteiger partial charge >= 0.3 is 0 Å². The molecule has 2 N–H and O–H groups in total. The van der Waals surface area contributed by atoms with Crippen LogP contribution in [0.2, 0.25) is 0 Å². The van der Waals surface area contributed by atoms with Gasteiger partial charge in [0.15, 0.2) is 0 Å². The normalized spacial score (nSPS) is 17.6. The number of nitrogens with zero attached hydrogens (tertiary/aromatic N) is 2. The highest BCUT2D eigenvalue weighted by atomic mass is 35.5. The van der Waals surface area contributed by atoms with Gasteiger partial charge in [0.1, 0.15) is 11.6 Å². The van der Waals surface area contributed by atoms with E-state index in [2.05, 4.69) is 5.32 Å². The van der Waals surface area contributed by atoms with Gasteiger partial charge in [-0.15, -0.1) is 12.4 Å². The minimum Gasteiger partial charge on any atom is -0.493 e. The third-order valence-electron chi connectivity index (χ3n) is 7.92. The van der Waals surface area contributed by atoms with Crippen LogP contribution in [-0.4, -0.2) is 91.4 Å². The fourth-order valence-electron chi connectivity index (χ4n) is 5.77. The topological polar surface area (TPSA) is 91.3 Å². The first-order valence-electron chi connectivity index (χ1n) is 14.8. The van der Waals surface area contributed by atoms with Crippen LogP contribution in [0.1, 0.15) is 61.9 Å². The minimum absolute atomic E-state index is 0. The number of piperidine rings is 2. The van der Waals surface area contributed by atoms with E-state index in [-0.39, 0.29) is 48.3 Å². The van der Waals surface area contributed by atoms with E-state index >= 15 is 4.39 Å². The molecule has 2 aliphatic heterocycles. The summed E-state index contributed by atoms with van der Waals surface area (Å²) in [6, 6.07) is 10.1. The number of nitrogens with one attached hydrogen (secondary N) is 1. The van der Waals surface area contributed by atoms with E-state index < -0.39 is 11.9 Å². The summed E-state index contributed by atoms with van der Waals surface area (Å²) in [7, 11) is 1.63. The van der Waals surface area contributed by atoms with Gasteiger partial charge in [0, 0.05) is 68.5 Å². The van der Waals surface area contributed by atoms with Gasteiger partial charge < -0.3 is 29.7 Å². The molecule has 2 aromatic carbocycles. The lowest BCUT2D eigenvalue weighted by Crippen LogP contribution is -2.52. The molecule has 2 fully saturated rings. The van der Waals surface area contributed by atoms with Gasteiger partial charge in [0.05, 0.1) is 19.1 Å². The Kier molecular flexibility index (Phi) is 13.0. The number of benzene rings is 2. The summed E-state index contributed by atoms with van der Waals surface area (Å²) in [4.78, 5) is 30.3. The number of hydrogen-bond donors (Lipinski definition) is 2. The molecule has 2 aliphatic rings. The van der Waals surface area contributed by atoms with E-state index in [0.29, 0.717) is 62.4 Å². The van der Waals surface area contributed by atoms with Gasteiger partial charge in [0.2, 0.25) is 5.91 Å². The largest absolute Gasteiger partial charge is 0.493 e. The van der Waals surface area contributed by atoms with Gasteiger partial charge in [-0.1, -0.05) is 12.1 Å². The van der Waals surface area contributed by atoms with Crippen molar-refractivity contribution in [1.29, 1.82) is 0 Å². The van der Waals surface area contributed by atoms with Crippen molar-refractivity contribution in [2.75, 3.05) is 46.5 Å². The molecule has 8 nitrogen and oxygen atoms in total. The van der Waals surface area contributed by atoms with E-state index in [1.165, 1.54) is 12.1 Å². The Morgan fingerprint density at radius 3 is 2.52 bits per heavy atom. The molecule has 0 saturated carbocycles. The van der Waals surface area contributed by atoms with E-state index in [1.807, 2.05) is 30.9 Å². The molecule has 0 spiro atoms. The van der Waals surface area contributed by atoms with Crippen molar-refractivity contribution >= 4 is 24.2 Å². The first-order valence-corrected chi connectivity index (χ1v) is 14.8. The standard InChI is InChI=1S/C32H44FN3O5.ClH/c1-22(2)36(25-6-4-13-34-21-25)31(38)19-23-7-9-27(30(18-23)41-17-5-16-40-3)28-20-24(8-10-29(28)33)32(39)35-14-11-26(37)12-15-35;/h7-10,18,20,22,25-26,34,37H,4-6,11-17,19,21H2,1-3H3;1H/t25-;/m1./s1. The van der Waals surface area contributed by atoms with Gasteiger partial charge in [-0.3, -0.25) is 9.59 Å². The highest BCUT2D eigenvalue weighted by Crippen LogP contribution is 2.34. The lowest BCUT2D eigenvalue weighted by molar-refractivity contribution is -0.135. The van der Waals surface area contributed by atoms with E-state index in [9.17, 15) is 14.7 Å². The SMILES string of the molecule is COCCCOc1cc(CC(=O)N(C(C)C)[C@@H]2CCCNC2)ccc1-c1cc(C(=O)N2CCC(O)CC2)ccc1F.Cl. The zero-order valence-corrected chi connectivity index (χ0v) is 25.8. The quantitative estimate of drug-likeness (QED) is 0.368. The number of hydrogen-bond acceptors (Lipinski definition) is 6. The van der Waals surface area contributed by atoms with Crippen LogP contribution in [0.4, 0.5) is 4.39 Å². The molecule has 0 bridgehead atoms. The van der Waals surface area contributed by atoms with Crippen molar-refractivity contribution in [2.45, 2.75) is 70.6 Å². The molecular formula is C32H45ClFN3O5. The fourth-order valence-corrected chi connectivity index (χ4v) is 5.77. The Balaban J connectivity index is 0.00000484. The summed E-state index contributed by atoms with van der Waals surface area (Å²) in [6.45, 7) is 7.68. The predicted octanol–water partition coefficient (Wildman–Crippen LogP) is 4.46. The Morgan fingerprint density at radius 2 is 1.86 bits per heavy atom. The second-order valence-electron chi connectivity index (χ2n) is 11.3. The van der Waals surface area contributed by atoms with Crippen molar-refractivity contribution in [3.8, 4) is 16.9 Å². The molecule has 0 aromatic heterocycles. The van der Waals surface area contributed by atoms with Crippen LogP contribution < -0.4 is 10.1 Å². The first kappa shape index (κ1) is 33.8. The van der Waals surface area contributed by atoms with Crippen LogP contribution in [0.15, 0.2) is 36.4 Å². The van der Waals surface area contributed by atoms with Crippen LogP contribution in [0.25, 0.3) is 11.1 Å². The number of methoxy groups -OCH3 is 1. The van der Waals surface area contributed by atoms with Crippen LogP contribution in [-0.2, 0) is 16.0 Å². The highest BCUT2D eigenvalue weighted by molar-refractivity contribution is 5.96. The fraction of sp³-hybridized carbons (Fsp3) is 0.562. The number of carbonyl (C=O) groups is 2. The van der Waals surface area contributed by atoms with Gasteiger partial charge in [-0.25, -0.2) is 4.39 Å². The molecule has 0 radical (unpaired) electrons. The van der Waals surface area contributed by atoms with Crippen molar-refractivity contribution in [3.63, 3.8) is 0 Å². The molecular weight excluding hydrogens is 561 g/mol. The lowest BCUT2D eigenvalue weighted by atomic mass is 9.97.